The summed E-state index contributed by atoms with van der Waals surface area (Å²) in [5.74, 6) is -0.249. The first-order chi connectivity index (χ1) is 9.63. The molecule has 4 heteroatoms. The maximum absolute atomic E-state index is 9.55. The zero-order chi connectivity index (χ0) is 14.1. The lowest BCUT2D eigenvalue weighted by atomic mass is 10.1. The SMILES string of the molecule is Oc1ccc(-c2ccn(-c3cccc(Cl)c3)c2)cc1O. The summed E-state index contributed by atoms with van der Waals surface area (Å²) in [6.07, 6.45) is 3.86. The normalized spacial score (nSPS) is 10.7. The quantitative estimate of drug-likeness (QED) is 0.693. The average Bonchev–Trinajstić information content (AvgIpc) is 2.92. The van der Waals surface area contributed by atoms with Gasteiger partial charge in [0.15, 0.2) is 11.5 Å². The van der Waals surface area contributed by atoms with Crippen LogP contribution in [-0.4, -0.2) is 14.8 Å². The van der Waals surface area contributed by atoms with E-state index in [4.69, 9.17) is 11.6 Å². The number of nitrogens with zero attached hydrogens (tertiary/aromatic N) is 1. The number of halogens is 1. The first-order valence-corrected chi connectivity index (χ1v) is 6.47. The maximum atomic E-state index is 9.55. The highest BCUT2D eigenvalue weighted by Gasteiger charge is 2.05. The summed E-state index contributed by atoms with van der Waals surface area (Å²) >= 11 is 5.98. The molecule has 20 heavy (non-hydrogen) atoms. The molecular formula is C16H12ClNO2. The van der Waals surface area contributed by atoms with E-state index in [1.165, 1.54) is 12.1 Å². The molecule has 0 bridgehead atoms. The predicted octanol–water partition coefficient (Wildman–Crippen LogP) is 4.21. The largest absolute Gasteiger partial charge is 0.504 e. The van der Waals surface area contributed by atoms with E-state index in [9.17, 15) is 10.2 Å². The minimum absolute atomic E-state index is 0.122. The van der Waals surface area contributed by atoms with Crippen molar-refractivity contribution in [2.75, 3.05) is 0 Å². The van der Waals surface area contributed by atoms with Gasteiger partial charge in [-0.25, -0.2) is 0 Å². The maximum Gasteiger partial charge on any atom is 0.158 e. The number of hydrogen-bond acceptors (Lipinski definition) is 2. The molecule has 0 radical (unpaired) electrons. The molecule has 0 saturated carbocycles. The summed E-state index contributed by atoms with van der Waals surface area (Å²) in [5, 5.41) is 19.6. The molecule has 3 rings (SSSR count). The first-order valence-electron chi connectivity index (χ1n) is 6.10. The molecule has 3 nitrogen and oxygen atoms in total. The van der Waals surface area contributed by atoms with Crippen molar-refractivity contribution in [3.8, 4) is 28.3 Å². The molecule has 0 saturated heterocycles. The number of phenolic OH excluding ortho intramolecular Hbond substituents is 2. The van der Waals surface area contributed by atoms with Crippen LogP contribution in [0.3, 0.4) is 0 Å². The minimum Gasteiger partial charge on any atom is -0.504 e. The molecule has 0 spiro atoms. The van der Waals surface area contributed by atoms with Crippen molar-refractivity contribution in [1.29, 1.82) is 0 Å². The number of rotatable bonds is 2. The Bertz CT molecular complexity index is 765. The second-order valence-electron chi connectivity index (χ2n) is 4.49. The molecule has 1 heterocycles. The Morgan fingerprint density at radius 3 is 2.45 bits per heavy atom. The molecule has 0 amide bonds. The number of benzene rings is 2. The number of aromatic hydroxyl groups is 2. The molecule has 0 unspecified atom stereocenters. The van der Waals surface area contributed by atoms with Crippen LogP contribution < -0.4 is 0 Å². The van der Waals surface area contributed by atoms with Crippen molar-refractivity contribution in [3.63, 3.8) is 0 Å². The molecule has 1 aromatic heterocycles. The van der Waals surface area contributed by atoms with E-state index in [1.807, 2.05) is 47.3 Å². The van der Waals surface area contributed by atoms with E-state index in [1.54, 1.807) is 6.07 Å². The second kappa shape index (κ2) is 4.94. The van der Waals surface area contributed by atoms with Crippen LogP contribution >= 0.6 is 11.6 Å². The lowest BCUT2D eigenvalue weighted by Crippen LogP contribution is -1.88. The second-order valence-corrected chi connectivity index (χ2v) is 4.93. The van der Waals surface area contributed by atoms with Crippen LogP contribution in [0.25, 0.3) is 16.8 Å². The van der Waals surface area contributed by atoms with Gasteiger partial charge in [-0.3, -0.25) is 0 Å². The van der Waals surface area contributed by atoms with Gasteiger partial charge in [0.25, 0.3) is 0 Å². The van der Waals surface area contributed by atoms with Gasteiger partial charge in [-0.1, -0.05) is 23.7 Å². The third-order valence-corrected chi connectivity index (χ3v) is 3.34. The third kappa shape index (κ3) is 2.36. The van der Waals surface area contributed by atoms with Crippen LogP contribution in [0.5, 0.6) is 11.5 Å². The zero-order valence-corrected chi connectivity index (χ0v) is 11.2. The Hall–Kier alpha value is -2.39. The van der Waals surface area contributed by atoms with E-state index in [0.29, 0.717) is 5.02 Å². The van der Waals surface area contributed by atoms with E-state index < -0.39 is 0 Å². The highest BCUT2D eigenvalue weighted by molar-refractivity contribution is 6.30. The Kier molecular flexibility index (Phi) is 3.12. The van der Waals surface area contributed by atoms with Crippen molar-refractivity contribution >= 4 is 11.6 Å². The van der Waals surface area contributed by atoms with Crippen molar-refractivity contribution in [2.45, 2.75) is 0 Å². The van der Waals surface area contributed by atoms with E-state index >= 15 is 0 Å². The molecule has 0 aliphatic rings. The number of phenols is 2. The Morgan fingerprint density at radius 1 is 0.850 bits per heavy atom. The van der Waals surface area contributed by atoms with Gasteiger partial charge in [-0.15, -0.1) is 0 Å². The van der Waals surface area contributed by atoms with E-state index in [0.717, 1.165) is 16.8 Å². The average molecular weight is 286 g/mol. The molecule has 2 N–H and O–H groups in total. The molecule has 2 aromatic carbocycles. The van der Waals surface area contributed by atoms with Crippen molar-refractivity contribution in [2.24, 2.45) is 0 Å². The molecule has 0 aliphatic carbocycles. The third-order valence-electron chi connectivity index (χ3n) is 3.11. The van der Waals surface area contributed by atoms with Crippen LogP contribution in [0, 0.1) is 0 Å². The molecule has 3 aromatic rings. The van der Waals surface area contributed by atoms with Crippen LogP contribution in [0.15, 0.2) is 60.9 Å². The summed E-state index contributed by atoms with van der Waals surface area (Å²) in [7, 11) is 0. The molecule has 100 valence electrons. The first kappa shape index (κ1) is 12.6. The summed E-state index contributed by atoms with van der Waals surface area (Å²) < 4.78 is 1.95. The zero-order valence-electron chi connectivity index (χ0n) is 10.5. The summed E-state index contributed by atoms with van der Waals surface area (Å²) in [6, 6.07) is 14.3. The van der Waals surface area contributed by atoms with Gasteiger partial charge in [0.05, 0.1) is 0 Å². The van der Waals surface area contributed by atoms with Crippen molar-refractivity contribution in [3.05, 3.63) is 65.9 Å². The van der Waals surface area contributed by atoms with Gasteiger partial charge in [-0.05, 0) is 47.5 Å². The van der Waals surface area contributed by atoms with Crippen LogP contribution in [0.1, 0.15) is 0 Å². The number of aromatic nitrogens is 1. The molecule has 0 atom stereocenters. The summed E-state index contributed by atoms with van der Waals surface area (Å²) in [6.45, 7) is 0. The smallest absolute Gasteiger partial charge is 0.158 e. The highest BCUT2D eigenvalue weighted by atomic mass is 35.5. The monoisotopic (exact) mass is 285 g/mol. The van der Waals surface area contributed by atoms with E-state index in [-0.39, 0.29) is 11.5 Å². The highest BCUT2D eigenvalue weighted by Crippen LogP contribution is 2.31. The van der Waals surface area contributed by atoms with Gasteiger partial charge in [0, 0.05) is 23.1 Å². The van der Waals surface area contributed by atoms with Gasteiger partial charge in [0.2, 0.25) is 0 Å². The van der Waals surface area contributed by atoms with Crippen LogP contribution in [0.4, 0.5) is 0 Å². The molecular weight excluding hydrogens is 274 g/mol. The van der Waals surface area contributed by atoms with Crippen molar-refractivity contribution in [1.82, 2.24) is 4.57 Å². The fraction of sp³-hybridized carbons (Fsp3) is 0. The molecule has 0 aliphatic heterocycles. The Morgan fingerprint density at radius 2 is 1.70 bits per heavy atom. The van der Waals surface area contributed by atoms with Crippen LogP contribution in [-0.2, 0) is 0 Å². The van der Waals surface area contributed by atoms with Crippen molar-refractivity contribution < 1.29 is 10.2 Å². The fourth-order valence-electron chi connectivity index (χ4n) is 2.07. The Balaban J connectivity index is 1.99. The Labute approximate surface area is 121 Å². The minimum atomic E-state index is -0.127. The summed E-state index contributed by atoms with van der Waals surface area (Å²) in [4.78, 5) is 0. The lowest BCUT2D eigenvalue weighted by molar-refractivity contribution is 0.404. The predicted molar refractivity (Wildman–Crippen MR) is 79.5 cm³/mol. The van der Waals surface area contributed by atoms with E-state index in [2.05, 4.69) is 0 Å². The standard InChI is InChI=1S/C16H12ClNO2/c17-13-2-1-3-14(9-13)18-7-6-12(10-18)11-4-5-15(19)16(20)8-11/h1-10,19-20H. The number of hydrogen-bond donors (Lipinski definition) is 2. The lowest BCUT2D eigenvalue weighted by Gasteiger charge is -2.03. The fourth-order valence-corrected chi connectivity index (χ4v) is 2.25. The molecule has 0 fully saturated rings. The van der Waals surface area contributed by atoms with Crippen LogP contribution in [0.2, 0.25) is 5.02 Å². The van der Waals surface area contributed by atoms with Gasteiger partial charge >= 0.3 is 0 Å². The summed E-state index contributed by atoms with van der Waals surface area (Å²) in [5.41, 5.74) is 2.74. The van der Waals surface area contributed by atoms with Gasteiger partial charge < -0.3 is 14.8 Å². The van der Waals surface area contributed by atoms with Gasteiger partial charge in [-0.2, -0.15) is 0 Å². The van der Waals surface area contributed by atoms with Gasteiger partial charge in [0.1, 0.15) is 0 Å². The topological polar surface area (TPSA) is 45.4 Å².